The standard InChI is InChI=1S/C20H28N4O2/c1-3-4-11-21-20(25)17-9-12-24(13-10-17)14-18-22-19(23-26-18)16-7-5-15(2)6-8-16/h5-8,17H,3-4,9-14H2,1-2H3,(H,21,25). The lowest BCUT2D eigenvalue weighted by molar-refractivity contribution is -0.126. The highest BCUT2D eigenvalue weighted by atomic mass is 16.5. The van der Waals surface area contributed by atoms with Gasteiger partial charge in [0, 0.05) is 18.0 Å². The molecule has 6 heteroatoms. The van der Waals surface area contributed by atoms with Gasteiger partial charge in [-0.2, -0.15) is 4.98 Å². The fourth-order valence-corrected chi connectivity index (χ4v) is 3.22. The summed E-state index contributed by atoms with van der Waals surface area (Å²) < 4.78 is 5.41. The lowest BCUT2D eigenvalue weighted by Crippen LogP contribution is -2.40. The average molecular weight is 356 g/mol. The summed E-state index contributed by atoms with van der Waals surface area (Å²) >= 11 is 0. The first-order valence-electron chi connectivity index (χ1n) is 9.55. The fourth-order valence-electron chi connectivity index (χ4n) is 3.22. The van der Waals surface area contributed by atoms with Crippen LogP contribution >= 0.6 is 0 Å². The number of piperidine rings is 1. The summed E-state index contributed by atoms with van der Waals surface area (Å²) in [6.45, 7) is 7.39. The Bertz CT molecular complexity index is 703. The molecule has 1 aromatic heterocycles. The van der Waals surface area contributed by atoms with Gasteiger partial charge < -0.3 is 9.84 Å². The number of amides is 1. The molecule has 2 heterocycles. The van der Waals surface area contributed by atoms with Gasteiger partial charge in [-0.05, 0) is 39.3 Å². The molecule has 1 aliphatic heterocycles. The number of carbonyl (C=O) groups is 1. The van der Waals surface area contributed by atoms with E-state index in [9.17, 15) is 4.79 Å². The third-order valence-electron chi connectivity index (χ3n) is 4.92. The molecule has 0 radical (unpaired) electrons. The molecule has 0 aliphatic carbocycles. The molecule has 1 N–H and O–H groups in total. The molecule has 0 atom stereocenters. The molecule has 26 heavy (non-hydrogen) atoms. The van der Waals surface area contributed by atoms with Crippen molar-refractivity contribution in [2.24, 2.45) is 5.92 Å². The first-order valence-corrected chi connectivity index (χ1v) is 9.55. The Kier molecular flexibility index (Phi) is 6.39. The fraction of sp³-hybridized carbons (Fsp3) is 0.550. The Balaban J connectivity index is 1.47. The molecule has 1 fully saturated rings. The van der Waals surface area contributed by atoms with Crippen LogP contribution in [0.2, 0.25) is 0 Å². The van der Waals surface area contributed by atoms with Crippen molar-refractivity contribution in [1.82, 2.24) is 20.4 Å². The van der Waals surface area contributed by atoms with E-state index in [-0.39, 0.29) is 11.8 Å². The van der Waals surface area contributed by atoms with Crippen molar-refractivity contribution in [3.63, 3.8) is 0 Å². The second-order valence-electron chi connectivity index (χ2n) is 7.07. The van der Waals surface area contributed by atoms with Gasteiger partial charge in [0.2, 0.25) is 17.6 Å². The molecule has 0 bridgehead atoms. The van der Waals surface area contributed by atoms with E-state index < -0.39 is 0 Å². The molecule has 3 rings (SSSR count). The van der Waals surface area contributed by atoms with Gasteiger partial charge in [0.05, 0.1) is 6.54 Å². The summed E-state index contributed by atoms with van der Waals surface area (Å²) in [6.07, 6.45) is 3.92. The van der Waals surface area contributed by atoms with Gasteiger partial charge in [-0.25, -0.2) is 0 Å². The number of nitrogens with zero attached hydrogens (tertiary/aromatic N) is 3. The number of nitrogens with one attached hydrogen (secondary N) is 1. The topological polar surface area (TPSA) is 71.3 Å². The van der Waals surface area contributed by atoms with Gasteiger partial charge in [-0.1, -0.05) is 48.3 Å². The Morgan fingerprint density at radius 2 is 2.00 bits per heavy atom. The number of likely N-dealkylation sites (tertiary alicyclic amines) is 1. The van der Waals surface area contributed by atoms with Crippen LogP contribution in [0, 0.1) is 12.8 Å². The maximum Gasteiger partial charge on any atom is 0.241 e. The minimum atomic E-state index is 0.133. The van der Waals surface area contributed by atoms with Crippen LogP contribution in [-0.2, 0) is 11.3 Å². The molecule has 0 unspecified atom stereocenters. The van der Waals surface area contributed by atoms with E-state index in [4.69, 9.17) is 4.52 Å². The molecule has 1 saturated heterocycles. The van der Waals surface area contributed by atoms with Crippen LogP contribution in [0.25, 0.3) is 11.4 Å². The number of aryl methyl sites for hydroxylation is 1. The maximum atomic E-state index is 12.2. The van der Waals surface area contributed by atoms with E-state index in [1.807, 2.05) is 24.3 Å². The normalized spacial score (nSPS) is 15.9. The van der Waals surface area contributed by atoms with Gasteiger partial charge in [0.15, 0.2) is 0 Å². The first kappa shape index (κ1) is 18.6. The minimum Gasteiger partial charge on any atom is -0.356 e. The molecule has 6 nitrogen and oxygen atoms in total. The van der Waals surface area contributed by atoms with Crippen molar-refractivity contribution < 1.29 is 9.32 Å². The second kappa shape index (κ2) is 8.94. The lowest BCUT2D eigenvalue weighted by Gasteiger charge is -2.30. The number of benzene rings is 1. The number of unbranched alkanes of at least 4 members (excludes halogenated alkanes) is 1. The maximum absolute atomic E-state index is 12.2. The van der Waals surface area contributed by atoms with Crippen LogP contribution in [0.4, 0.5) is 0 Å². The third kappa shape index (κ3) is 4.91. The number of hydrogen-bond acceptors (Lipinski definition) is 5. The average Bonchev–Trinajstić information content (AvgIpc) is 3.11. The zero-order chi connectivity index (χ0) is 18.4. The smallest absolute Gasteiger partial charge is 0.241 e. The number of carbonyl (C=O) groups excluding carboxylic acids is 1. The summed E-state index contributed by atoms with van der Waals surface area (Å²) in [5, 5.41) is 7.13. The highest BCUT2D eigenvalue weighted by molar-refractivity contribution is 5.78. The van der Waals surface area contributed by atoms with Crippen LogP contribution in [-0.4, -0.2) is 40.6 Å². The largest absolute Gasteiger partial charge is 0.356 e. The summed E-state index contributed by atoms with van der Waals surface area (Å²) in [6, 6.07) is 8.10. The van der Waals surface area contributed by atoms with Gasteiger partial charge in [0.25, 0.3) is 0 Å². The number of rotatable bonds is 7. The van der Waals surface area contributed by atoms with Crippen molar-refractivity contribution in [1.29, 1.82) is 0 Å². The van der Waals surface area contributed by atoms with Crippen LogP contribution < -0.4 is 5.32 Å². The molecular weight excluding hydrogens is 328 g/mol. The van der Waals surface area contributed by atoms with Crippen molar-refractivity contribution >= 4 is 5.91 Å². The van der Waals surface area contributed by atoms with Gasteiger partial charge in [-0.15, -0.1) is 0 Å². The van der Waals surface area contributed by atoms with E-state index in [0.717, 1.165) is 50.9 Å². The Morgan fingerprint density at radius 1 is 1.27 bits per heavy atom. The summed E-state index contributed by atoms with van der Waals surface area (Å²) in [7, 11) is 0. The Labute approximate surface area is 155 Å². The van der Waals surface area contributed by atoms with Crippen molar-refractivity contribution in [2.45, 2.75) is 46.1 Å². The minimum absolute atomic E-state index is 0.133. The predicted octanol–water partition coefficient (Wildman–Crippen LogP) is 3.17. The summed E-state index contributed by atoms with van der Waals surface area (Å²) in [5.74, 6) is 1.60. The van der Waals surface area contributed by atoms with Crippen LogP contribution in [0.1, 0.15) is 44.1 Å². The molecular formula is C20H28N4O2. The van der Waals surface area contributed by atoms with Crippen LogP contribution in [0.3, 0.4) is 0 Å². The van der Waals surface area contributed by atoms with Crippen LogP contribution in [0.15, 0.2) is 28.8 Å². The number of aromatic nitrogens is 2. The van der Waals surface area contributed by atoms with Gasteiger partial charge in [0.1, 0.15) is 0 Å². The Morgan fingerprint density at radius 3 is 2.69 bits per heavy atom. The summed E-state index contributed by atoms with van der Waals surface area (Å²) in [4.78, 5) is 18.9. The lowest BCUT2D eigenvalue weighted by atomic mass is 9.96. The van der Waals surface area contributed by atoms with E-state index in [0.29, 0.717) is 18.3 Å². The molecule has 1 aromatic carbocycles. The van der Waals surface area contributed by atoms with Crippen molar-refractivity contribution in [3.8, 4) is 11.4 Å². The van der Waals surface area contributed by atoms with E-state index >= 15 is 0 Å². The number of hydrogen-bond donors (Lipinski definition) is 1. The highest BCUT2D eigenvalue weighted by Crippen LogP contribution is 2.21. The van der Waals surface area contributed by atoms with Crippen molar-refractivity contribution in [3.05, 3.63) is 35.7 Å². The Hall–Kier alpha value is -2.21. The van der Waals surface area contributed by atoms with Crippen LogP contribution in [0.5, 0.6) is 0 Å². The monoisotopic (exact) mass is 356 g/mol. The van der Waals surface area contributed by atoms with E-state index in [1.165, 1.54) is 5.56 Å². The molecule has 140 valence electrons. The quantitative estimate of drug-likeness (QED) is 0.772. The SMILES string of the molecule is CCCCNC(=O)C1CCN(Cc2nc(-c3ccc(C)cc3)no2)CC1. The third-order valence-corrected chi connectivity index (χ3v) is 4.92. The molecule has 1 aliphatic rings. The zero-order valence-electron chi connectivity index (χ0n) is 15.7. The summed E-state index contributed by atoms with van der Waals surface area (Å²) in [5.41, 5.74) is 2.17. The molecule has 0 spiro atoms. The van der Waals surface area contributed by atoms with E-state index in [1.54, 1.807) is 0 Å². The molecule has 0 saturated carbocycles. The second-order valence-corrected chi connectivity index (χ2v) is 7.07. The van der Waals surface area contributed by atoms with Gasteiger partial charge in [-0.3, -0.25) is 9.69 Å². The zero-order valence-corrected chi connectivity index (χ0v) is 15.7. The van der Waals surface area contributed by atoms with Gasteiger partial charge >= 0.3 is 0 Å². The molecule has 1 amide bonds. The van der Waals surface area contributed by atoms with Crippen molar-refractivity contribution in [2.75, 3.05) is 19.6 Å². The molecule has 2 aromatic rings. The first-order chi connectivity index (χ1) is 12.7. The van der Waals surface area contributed by atoms with E-state index in [2.05, 4.69) is 34.2 Å². The highest BCUT2D eigenvalue weighted by Gasteiger charge is 2.25. The predicted molar refractivity (Wildman–Crippen MR) is 100 cm³/mol.